The maximum atomic E-state index is 8.46. The summed E-state index contributed by atoms with van der Waals surface area (Å²) in [5, 5.41) is 11.9. The van der Waals surface area contributed by atoms with Crippen LogP contribution in [0.25, 0.3) is 0 Å². The van der Waals surface area contributed by atoms with Gasteiger partial charge in [-0.05, 0) is 25.4 Å². The lowest BCUT2D eigenvalue weighted by molar-refractivity contribution is 0.0906. The molecule has 0 aliphatic rings. The first-order valence-electron chi connectivity index (χ1n) is 5.74. The number of nitrogens with one attached hydrogen (secondary N) is 1. The molecule has 86 valence electrons. The Hall–Kier alpha value is -0.120. The SMILES string of the molecule is CCC(CC)CNCCCOCCO. The Morgan fingerprint density at radius 3 is 2.50 bits per heavy atom. The molecule has 3 heteroatoms. The van der Waals surface area contributed by atoms with Crippen molar-refractivity contribution in [3.8, 4) is 0 Å². The van der Waals surface area contributed by atoms with Crippen molar-refractivity contribution in [1.82, 2.24) is 5.32 Å². The molecule has 0 aliphatic carbocycles. The molecule has 0 heterocycles. The van der Waals surface area contributed by atoms with E-state index in [0.29, 0.717) is 6.61 Å². The van der Waals surface area contributed by atoms with E-state index in [2.05, 4.69) is 19.2 Å². The first-order chi connectivity index (χ1) is 6.85. The van der Waals surface area contributed by atoms with Crippen molar-refractivity contribution in [3.63, 3.8) is 0 Å². The molecule has 0 aromatic rings. The average Bonchev–Trinajstić information content (AvgIpc) is 2.22. The molecule has 0 spiro atoms. The van der Waals surface area contributed by atoms with E-state index in [1.54, 1.807) is 0 Å². The summed E-state index contributed by atoms with van der Waals surface area (Å²) in [6.07, 6.45) is 3.54. The molecule has 0 unspecified atom stereocenters. The normalized spacial score (nSPS) is 11.1. The van der Waals surface area contributed by atoms with Gasteiger partial charge in [0, 0.05) is 6.61 Å². The van der Waals surface area contributed by atoms with Crippen molar-refractivity contribution in [1.29, 1.82) is 0 Å². The second-order valence-electron chi connectivity index (χ2n) is 3.58. The number of aliphatic hydroxyl groups excluding tert-OH is 1. The molecule has 0 aromatic heterocycles. The minimum absolute atomic E-state index is 0.126. The Balaban J connectivity index is 3.04. The van der Waals surface area contributed by atoms with Crippen LogP contribution >= 0.6 is 0 Å². The van der Waals surface area contributed by atoms with Gasteiger partial charge >= 0.3 is 0 Å². The van der Waals surface area contributed by atoms with E-state index in [-0.39, 0.29) is 6.61 Å². The molecule has 0 bridgehead atoms. The molecule has 0 aliphatic heterocycles. The Morgan fingerprint density at radius 1 is 1.21 bits per heavy atom. The summed E-state index contributed by atoms with van der Waals surface area (Å²) in [4.78, 5) is 0. The Morgan fingerprint density at radius 2 is 1.93 bits per heavy atom. The van der Waals surface area contributed by atoms with E-state index >= 15 is 0 Å². The predicted octanol–water partition coefficient (Wildman–Crippen LogP) is 1.41. The summed E-state index contributed by atoms with van der Waals surface area (Å²) in [5.74, 6) is 0.813. The molecule has 0 radical (unpaired) electrons. The van der Waals surface area contributed by atoms with Crippen LogP contribution in [0.3, 0.4) is 0 Å². The quantitative estimate of drug-likeness (QED) is 0.528. The lowest BCUT2D eigenvalue weighted by atomic mass is 10.0. The molecule has 0 saturated heterocycles. The number of hydrogen-bond donors (Lipinski definition) is 2. The molecular formula is C11H25NO2. The van der Waals surface area contributed by atoms with Gasteiger partial charge in [-0.1, -0.05) is 26.7 Å². The van der Waals surface area contributed by atoms with Crippen LogP contribution in [-0.4, -0.2) is 38.0 Å². The van der Waals surface area contributed by atoms with Gasteiger partial charge in [0.25, 0.3) is 0 Å². The molecule has 0 saturated carbocycles. The fourth-order valence-corrected chi connectivity index (χ4v) is 1.35. The number of aliphatic hydroxyl groups is 1. The Kier molecular flexibility index (Phi) is 10.9. The van der Waals surface area contributed by atoms with Crippen LogP contribution in [0.5, 0.6) is 0 Å². The smallest absolute Gasteiger partial charge is 0.0697 e. The Bertz CT molecular complexity index is 105. The van der Waals surface area contributed by atoms with Crippen molar-refractivity contribution in [2.24, 2.45) is 5.92 Å². The zero-order valence-corrected chi connectivity index (χ0v) is 9.59. The van der Waals surface area contributed by atoms with Crippen molar-refractivity contribution in [3.05, 3.63) is 0 Å². The third-order valence-electron chi connectivity index (χ3n) is 2.47. The average molecular weight is 203 g/mol. The lowest BCUT2D eigenvalue weighted by Gasteiger charge is -2.12. The van der Waals surface area contributed by atoms with Gasteiger partial charge in [-0.25, -0.2) is 0 Å². The maximum absolute atomic E-state index is 8.46. The summed E-state index contributed by atoms with van der Waals surface area (Å²) >= 11 is 0. The van der Waals surface area contributed by atoms with Crippen LogP contribution in [0.1, 0.15) is 33.1 Å². The molecule has 0 amide bonds. The van der Waals surface area contributed by atoms with Crippen LogP contribution in [0.2, 0.25) is 0 Å². The third-order valence-corrected chi connectivity index (χ3v) is 2.47. The lowest BCUT2D eigenvalue weighted by Crippen LogP contribution is -2.24. The summed E-state index contributed by atoms with van der Waals surface area (Å²) in [6.45, 7) is 7.94. The summed E-state index contributed by atoms with van der Waals surface area (Å²) < 4.78 is 5.15. The van der Waals surface area contributed by atoms with Crippen molar-refractivity contribution >= 4 is 0 Å². The fraction of sp³-hybridized carbons (Fsp3) is 1.00. The van der Waals surface area contributed by atoms with Crippen molar-refractivity contribution in [2.45, 2.75) is 33.1 Å². The molecule has 3 nitrogen and oxygen atoms in total. The van der Waals surface area contributed by atoms with Crippen LogP contribution in [0.15, 0.2) is 0 Å². The largest absolute Gasteiger partial charge is 0.394 e. The molecule has 14 heavy (non-hydrogen) atoms. The van der Waals surface area contributed by atoms with Crippen LogP contribution < -0.4 is 5.32 Å². The zero-order valence-electron chi connectivity index (χ0n) is 9.59. The van der Waals surface area contributed by atoms with E-state index in [1.807, 2.05) is 0 Å². The summed E-state index contributed by atoms with van der Waals surface area (Å²) in [5.41, 5.74) is 0. The topological polar surface area (TPSA) is 41.5 Å². The van der Waals surface area contributed by atoms with E-state index in [9.17, 15) is 0 Å². The Labute approximate surface area is 87.8 Å². The summed E-state index contributed by atoms with van der Waals surface area (Å²) in [7, 11) is 0. The van der Waals surface area contributed by atoms with Gasteiger partial charge in [-0.2, -0.15) is 0 Å². The first kappa shape index (κ1) is 13.9. The van der Waals surface area contributed by atoms with E-state index in [4.69, 9.17) is 9.84 Å². The third kappa shape index (κ3) is 8.48. The molecular weight excluding hydrogens is 178 g/mol. The molecule has 2 N–H and O–H groups in total. The van der Waals surface area contributed by atoms with Gasteiger partial charge in [0.15, 0.2) is 0 Å². The molecule has 0 aromatic carbocycles. The standard InChI is InChI=1S/C11H25NO2/c1-3-11(4-2)10-12-6-5-8-14-9-7-13/h11-13H,3-10H2,1-2H3. The van der Waals surface area contributed by atoms with Crippen molar-refractivity contribution in [2.75, 3.05) is 32.9 Å². The van der Waals surface area contributed by atoms with Crippen molar-refractivity contribution < 1.29 is 9.84 Å². The van der Waals surface area contributed by atoms with Gasteiger partial charge < -0.3 is 15.2 Å². The second kappa shape index (κ2) is 11.0. The first-order valence-corrected chi connectivity index (χ1v) is 5.74. The van der Waals surface area contributed by atoms with Gasteiger partial charge in [0.05, 0.1) is 13.2 Å². The van der Waals surface area contributed by atoms with Crippen LogP contribution in [-0.2, 0) is 4.74 Å². The number of ether oxygens (including phenoxy) is 1. The van der Waals surface area contributed by atoms with E-state index < -0.39 is 0 Å². The summed E-state index contributed by atoms with van der Waals surface area (Å²) in [6, 6.07) is 0. The number of hydrogen-bond acceptors (Lipinski definition) is 3. The molecule has 0 fully saturated rings. The van der Waals surface area contributed by atoms with Gasteiger partial charge in [0.1, 0.15) is 0 Å². The minimum atomic E-state index is 0.126. The van der Waals surface area contributed by atoms with Crippen LogP contribution in [0.4, 0.5) is 0 Å². The highest BCUT2D eigenvalue weighted by Gasteiger charge is 2.01. The highest BCUT2D eigenvalue weighted by Crippen LogP contribution is 2.04. The minimum Gasteiger partial charge on any atom is -0.394 e. The van der Waals surface area contributed by atoms with Gasteiger partial charge in [-0.3, -0.25) is 0 Å². The van der Waals surface area contributed by atoms with Gasteiger partial charge in [0.2, 0.25) is 0 Å². The highest BCUT2D eigenvalue weighted by atomic mass is 16.5. The molecule has 0 atom stereocenters. The predicted molar refractivity (Wildman–Crippen MR) is 59.5 cm³/mol. The van der Waals surface area contributed by atoms with Gasteiger partial charge in [-0.15, -0.1) is 0 Å². The monoisotopic (exact) mass is 203 g/mol. The maximum Gasteiger partial charge on any atom is 0.0697 e. The fourth-order valence-electron chi connectivity index (χ4n) is 1.35. The second-order valence-corrected chi connectivity index (χ2v) is 3.58. The number of rotatable bonds is 10. The van der Waals surface area contributed by atoms with Crippen LogP contribution in [0, 0.1) is 5.92 Å². The van der Waals surface area contributed by atoms with E-state index in [1.165, 1.54) is 12.8 Å². The highest BCUT2D eigenvalue weighted by molar-refractivity contribution is 4.58. The van der Waals surface area contributed by atoms with E-state index in [0.717, 1.165) is 32.0 Å². The molecule has 0 rings (SSSR count). The zero-order chi connectivity index (χ0) is 10.6.